The number of hydrogen-bond donors (Lipinski definition) is 0. The largest absolute Gasteiger partial charge is 0.338 e. The van der Waals surface area contributed by atoms with Crippen LogP contribution in [0.5, 0.6) is 0 Å². The van der Waals surface area contributed by atoms with Crippen LogP contribution in [0.1, 0.15) is 47.5 Å². The van der Waals surface area contributed by atoms with Crippen LogP contribution in [0.3, 0.4) is 0 Å². The van der Waals surface area contributed by atoms with Gasteiger partial charge in [-0.3, -0.25) is 14.5 Å². The number of anilines is 1. The fraction of sp³-hybridized carbons (Fsp3) is 0.433. The Kier molecular flexibility index (Phi) is 8.77. The average molecular weight is 551 g/mol. The summed E-state index contributed by atoms with van der Waals surface area (Å²) in [5.74, 6) is 0.424. The van der Waals surface area contributed by atoms with Crippen molar-refractivity contribution in [2.45, 2.75) is 52.1 Å². The van der Waals surface area contributed by atoms with Crippen molar-refractivity contribution in [3.05, 3.63) is 80.8 Å². The second-order valence-corrected chi connectivity index (χ2v) is 11.9. The minimum Gasteiger partial charge on any atom is -0.338 e. The van der Waals surface area contributed by atoms with Gasteiger partial charge in [0.2, 0.25) is 11.8 Å². The Hall–Kier alpha value is -2.74. The first-order valence-corrected chi connectivity index (χ1v) is 14.8. The SMILES string of the molecule is Cc1nc(CC(=O)N2CCCN(Cc3ccc(Cl)cc3)CCCN(C(=O)C3CC3)c3ccccc3C2)cs1. The number of carbonyl (C=O) groups excluding carboxylic acids is 2. The summed E-state index contributed by atoms with van der Waals surface area (Å²) in [4.78, 5) is 37.8. The third-order valence-electron chi connectivity index (χ3n) is 7.27. The van der Waals surface area contributed by atoms with Crippen molar-refractivity contribution in [2.24, 2.45) is 5.92 Å². The highest BCUT2D eigenvalue weighted by Crippen LogP contribution is 2.34. The molecule has 1 aliphatic heterocycles. The van der Waals surface area contributed by atoms with Crippen LogP contribution in [0.4, 0.5) is 5.69 Å². The number of rotatable bonds is 5. The highest BCUT2D eigenvalue weighted by Gasteiger charge is 2.35. The lowest BCUT2D eigenvalue weighted by atomic mass is 10.1. The van der Waals surface area contributed by atoms with E-state index in [4.69, 9.17) is 11.6 Å². The predicted octanol–water partition coefficient (Wildman–Crippen LogP) is 5.72. The number of benzene rings is 2. The number of para-hydroxylation sites is 1. The number of amides is 2. The fourth-order valence-electron chi connectivity index (χ4n) is 5.12. The Labute approximate surface area is 234 Å². The lowest BCUT2D eigenvalue weighted by Gasteiger charge is -2.32. The van der Waals surface area contributed by atoms with Gasteiger partial charge >= 0.3 is 0 Å². The minimum atomic E-state index is 0.0754. The Morgan fingerprint density at radius 1 is 1.00 bits per heavy atom. The van der Waals surface area contributed by atoms with Crippen LogP contribution < -0.4 is 4.90 Å². The van der Waals surface area contributed by atoms with E-state index in [9.17, 15) is 9.59 Å². The Morgan fingerprint density at radius 3 is 2.45 bits per heavy atom. The van der Waals surface area contributed by atoms with Gasteiger partial charge in [0.15, 0.2) is 0 Å². The van der Waals surface area contributed by atoms with Crippen molar-refractivity contribution >= 4 is 40.4 Å². The minimum absolute atomic E-state index is 0.0754. The monoisotopic (exact) mass is 550 g/mol. The van der Waals surface area contributed by atoms with E-state index in [0.29, 0.717) is 26.1 Å². The highest BCUT2D eigenvalue weighted by molar-refractivity contribution is 7.09. The Bertz CT molecular complexity index is 1260. The van der Waals surface area contributed by atoms with Gasteiger partial charge in [-0.2, -0.15) is 0 Å². The van der Waals surface area contributed by atoms with Crippen LogP contribution in [0.2, 0.25) is 5.02 Å². The third-order valence-corrected chi connectivity index (χ3v) is 8.34. The summed E-state index contributed by atoms with van der Waals surface area (Å²) >= 11 is 7.68. The maximum atomic E-state index is 13.5. The molecule has 2 amide bonds. The molecule has 2 aromatic carbocycles. The maximum Gasteiger partial charge on any atom is 0.230 e. The van der Waals surface area contributed by atoms with Crippen molar-refractivity contribution in [1.82, 2.24) is 14.8 Å². The van der Waals surface area contributed by atoms with E-state index in [0.717, 1.165) is 72.3 Å². The van der Waals surface area contributed by atoms with Gasteiger partial charge in [0.25, 0.3) is 0 Å². The lowest BCUT2D eigenvalue weighted by Crippen LogP contribution is -2.39. The molecule has 0 N–H and O–H groups in total. The summed E-state index contributed by atoms with van der Waals surface area (Å²) in [5, 5.41) is 3.68. The molecule has 1 saturated carbocycles. The van der Waals surface area contributed by atoms with E-state index in [2.05, 4.69) is 28.1 Å². The third kappa shape index (κ3) is 7.01. The second-order valence-electron chi connectivity index (χ2n) is 10.4. The van der Waals surface area contributed by atoms with Gasteiger partial charge in [-0.1, -0.05) is 41.9 Å². The van der Waals surface area contributed by atoms with Crippen LogP contribution in [-0.4, -0.2) is 52.8 Å². The van der Waals surface area contributed by atoms with Crippen LogP contribution in [0.25, 0.3) is 0 Å². The molecule has 1 aliphatic carbocycles. The normalized spacial score (nSPS) is 17.4. The maximum absolute atomic E-state index is 13.5. The summed E-state index contributed by atoms with van der Waals surface area (Å²) in [6.45, 7) is 6.36. The molecule has 6 nitrogen and oxygen atoms in total. The van der Waals surface area contributed by atoms with Crippen molar-refractivity contribution < 1.29 is 9.59 Å². The molecule has 0 radical (unpaired) electrons. The number of nitrogens with zero attached hydrogens (tertiary/aromatic N) is 4. The van der Waals surface area contributed by atoms with Gasteiger partial charge in [-0.15, -0.1) is 11.3 Å². The van der Waals surface area contributed by atoms with Crippen LogP contribution >= 0.6 is 22.9 Å². The summed E-state index contributed by atoms with van der Waals surface area (Å²) < 4.78 is 0. The number of aryl methyl sites for hydroxylation is 1. The first-order chi connectivity index (χ1) is 18.5. The van der Waals surface area contributed by atoms with Crippen LogP contribution in [-0.2, 0) is 29.1 Å². The smallest absolute Gasteiger partial charge is 0.230 e. The standard InChI is InChI=1S/C30H35ClN4O2S/c1-22-32-27(21-38-22)18-29(36)34-16-4-14-33(19-23-8-12-26(31)13-9-23)15-5-17-35(30(37)24-10-11-24)28-7-3-2-6-25(28)20-34/h2-3,6-9,12-13,21,24H,4-5,10-11,14-20H2,1H3. The molecule has 2 aliphatic rings. The zero-order valence-corrected chi connectivity index (χ0v) is 23.5. The fourth-order valence-corrected chi connectivity index (χ4v) is 5.86. The molecule has 8 heteroatoms. The van der Waals surface area contributed by atoms with Crippen molar-refractivity contribution in [3.63, 3.8) is 0 Å². The molecular formula is C30H35ClN4O2S. The zero-order chi connectivity index (χ0) is 26.5. The average Bonchev–Trinajstić information content (AvgIpc) is 3.68. The molecule has 38 heavy (non-hydrogen) atoms. The molecule has 0 saturated heterocycles. The lowest BCUT2D eigenvalue weighted by molar-refractivity contribution is -0.131. The van der Waals surface area contributed by atoms with E-state index in [1.54, 1.807) is 11.3 Å². The summed E-state index contributed by atoms with van der Waals surface area (Å²) in [7, 11) is 0. The molecule has 200 valence electrons. The molecule has 0 unspecified atom stereocenters. The van der Waals surface area contributed by atoms with E-state index in [1.165, 1.54) is 5.56 Å². The quantitative estimate of drug-likeness (QED) is 0.408. The number of thiazole rings is 1. The second kappa shape index (κ2) is 12.4. The highest BCUT2D eigenvalue weighted by atomic mass is 35.5. The van der Waals surface area contributed by atoms with Crippen molar-refractivity contribution in [1.29, 1.82) is 0 Å². The molecule has 1 fully saturated rings. The predicted molar refractivity (Wildman–Crippen MR) is 153 cm³/mol. The van der Waals surface area contributed by atoms with Gasteiger partial charge in [0, 0.05) is 61.3 Å². The summed E-state index contributed by atoms with van der Waals surface area (Å²) in [5.41, 5.74) is 4.01. The molecule has 0 bridgehead atoms. The molecule has 3 aromatic rings. The molecule has 5 rings (SSSR count). The van der Waals surface area contributed by atoms with Gasteiger partial charge in [-0.25, -0.2) is 4.98 Å². The van der Waals surface area contributed by atoms with Gasteiger partial charge < -0.3 is 9.80 Å². The molecule has 2 heterocycles. The number of aromatic nitrogens is 1. The molecule has 0 atom stereocenters. The Balaban J connectivity index is 1.40. The first kappa shape index (κ1) is 26.9. The number of hydrogen-bond acceptors (Lipinski definition) is 5. The number of halogens is 1. The zero-order valence-electron chi connectivity index (χ0n) is 21.9. The van der Waals surface area contributed by atoms with Crippen molar-refractivity contribution in [2.75, 3.05) is 31.1 Å². The van der Waals surface area contributed by atoms with E-state index >= 15 is 0 Å². The summed E-state index contributed by atoms with van der Waals surface area (Å²) in [6.07, 6.45) is 4.01. The van der Waals surface area contributed by atoms with Gasteiger partial charge in [-0.05, 0) is 61.9 Å². The molecule has 1 aromatic heterocycles. The van der Waals surface area contributed by atoms with E-state index < -0.39 is 0 Å². The van der Waals surface area contributed by atoms with Crippen LogP contribution in [0, 0.1) is 12.8 Å². The van der Waals surface area contributed by atoms with E-state index in [1.807, 2.05) is 52.4 Å². The van der Waals surface area contributed by atoms with E-state index in [-0.39, 0.29) is 17.7 Å². The first-order valence-electron chi connectivity index (χ1n) is 13.5. The van der Waals surface area contributed by atoms with Gasteiger partial charge in [0.05, 0.1) is 17.1 Å². The molecular weight excluding hydrogens is 516 g/mol. The number of carbonyl (C=O) groups is 2. The molecule has 0 spiro atoms. The van der Waals surface area contributed by atoms with Crippen LogP contribution in [0.15, 0.2) is 53.9 Å². The van der Waals surface area contributed by atoms with Gasteiger partial charge in [0.1, 0.15) is 0 Å². The Morgan fingerprint density at radius 2 is 1.74 bits per heavy atom. The number of fused-ring (bicyclic) bond motifs is 1. The summed E-state index contributed by atoms with van der Waals surface area (Å²) in [6, 6.07) is 16.1. The topological polar surface area (TPSA) is 56.8 Å². The van der Waals surface area contributed by atoms with Crippen molar-refractivity contribution in [3.8, 4) is 0 Å².